The molecule has 0 saturated carbocycles. The number of aromatic nitrogens is 3. The Hall–Kier alpha value is -2.87. The van der Waals surface area contributed by atoms with Gasteiger partial charge >= 0.3 is 5.97 Å². The molecule has 0 aliphatic carbocycles. The van der Waals surface area contributed by atoms with E-state index in [1.807, 2.05) is 24.3 Å². The van der Waals surface area contributed by atoms with Crippen molar-refractivity contribution in [3.63, 3.8) is 0 Å². The Morgan fingerprint density at radius 3 is 2.68 bits per heavy atom. The highest BCUT2D eigenvalue weighted by Gasteiger charge is 2.08. The van der Waals surface area contributed by atoms with Gasteiger partial charge in [-0.2, -0.15) is 4.68 Å². The van der Waals surface area contributed by atoms with Gasteiger partial charge in [-0.25, -0.2) is 0 Å². The second-order valence-electron chi connectivity index (χ2n) is 5.02. The Morgan fingerprint density at radius 2 is 1.92 bits per heavy atom. The largest absolute Gasteiger partial charge is 0.497 e. The molecule has 0 aliphatic heterocycles. The van der Waals surface area contributed by atoms with Crippen molar-refractivity contribution in [3.8, 4) is 5.75 Å². The molecule has 0 amide bonds. The fraction of sp³-hybridized carbons (Fsp3) is 0.176. The van der Waals surface area contributed by atoms with Gasteiger partial charge in [0.2, 0.25) is 0 Å². The highest BCUT2D eigenvalue weighted by molar-refractivity contribution is 8.00. The van der Waals surface area contributed by atoms with Gasteiger partial charge in [0.25, 0.3) is 5.56 Å². The average molecular weight is 357 g/mol. The monoisotopic (exact) mass is 357 g/mol. The molecule has 0 saturated heterocycles. The van der Waals surface area contributed by atoms with Crippen LogP contribution < -0.4 is 10.3 Å². The van der Waals surface area contributed by atoms with Crippen LogP contribution in [0.1, 0.15) is 0 Å². The van der Waals surface area contributed by atoms with Gasteiger partial charge in [-0.15, -0.1) is 16.9 Å². The Balaban J connectivity index is 1.57. The van der Waals surface area contributed by atoms with Crippen LogP contribution in [0.15, 0.2) is 58.2 Å². The Morgan fingerprint density at radius 1 is 1.16 bits per heavy atom. The third kappa shape index (κ3) is 4.16. The van der Waals surface area contributed by atoms with E-state index >= 15 is 0 Å². The number of carbonyl (C=O) groups is 1. The lowest BCUT2D eigenvalue weighted by Gasteiger charge is -2.07. The lowest BCUT2D eigenvalue weighted by Crippen LogP contribution is -2.26. The molecule has 2 aromatic carbocycles. The average Bonchev–Trinajstić information content (AvgIpc) is 2.66. The van der Waals surface area contributed by atoms with Crippen LogP contribution in [0.2, 0.25) is 0 Å². The third-order valence-electron chi connectivity index (χ3n) is 3.39. The van der Waals surface area contributed by atoms with Gasteiger partial charge in [0.05, 0.1) is 18.2 Å². The first-order valence-corrected chi connectivity index (χ1v) is 8.41. The highest BCUT2D eigenvalue weighted by atomic mass is 32.2. The molecule has 3 aromatic rings. The lowest BCUT2D eigenvalue weighted by atomic mass is 10.2. The summed E-state index contributed by atoms with van der Waals surface area (Å²) in [5.74, 6) is 0.436. The Kier molecular flexibility index (Phi) is 5.30. The molecule has 0 atom stereocenters. The van der Waals surface area contributed by atoms with Crippen LogP contribution in [0, 0.1) is 0 Å². The standard InChI is InChI=1S/C17H15N3O4S/c1-23-12-6-8-13(9-7-12)25-10-16(21)24-11-20-17(22)14-4-2-3-5-15(14)18-19-20/h2-9H,10-11H2,1H3. The Bertz CT molecular complexity index is 941. The van der Waals surface area contributed by atoms with E-state index in [4.69, 9.17) is 9.47 Å². The van der Waals surface area contributed by atoms with Crippen molar-refractivity contribution in [3.05, 3.63) is 58.9 Å². The van der Waals surface area contributed by atoms with Gasteiger partial charge < -0.3 is 9.47 Å². The van der Waals surface area contributed by atoms with E-state index in [1.54, 1.807) is 31.4 Å². The summed E-state index contributed by atoms with van der Waals surface area (Å²) in [7, 11) is 1.59. The zero-order chi connectivity index (χ0) is 17.6. The van der Waals surface area contributed by atoms with E-state index in [-0.39, 0.29) is 18.0 Å². The molecule has 1 heterocycles. The van der Waals surface area contributed by atoms with Gasteiger partial charge in [0.1, 0.15) is 11.3 Å². The first-order valence-electron chi connectivity index (χ1n) is 7.42. The summed E-state index contributed by atoms with van der Waals surface area (Å²) < 4.78 is 11.2. The van der Waals surface area contributed by atoms with Crippen molar-refractivity contribution in [2.24, 2.45) is 0 Å². The van der Waals surface area contributed by atoms with Crippen LogP contribution in [-0.2, 0) is 16.3 Å². The third-order valence-corrected chi connectivity index (χ3v) is 4.38. The molecule has 25 heavy (non-hydrogen) atoms. The molecular weight excluding hydrogens is 342 g/mol. The number of nitrogens with zero attached hydrogens (tertiary/aromatic N) is 3. The SMILES string of the molecule is COc1ccc(SCC(=O)OCn2nnc3ccccc3c2=O)cc1. The van der Waals surface area contributed by atoms with Gasteiger partial charge in [0.15, 0.2) is 6.73 Å². The highest BCUT2D eigenvalue weighted by Crippen LogP contribution is 2.21. The molecule has 0 radical (unpaired) electrons. The van der Waals surface area contributed by atoms with E-state index in [0.717, 1.165) is 15.3 Å². The van der Waals surface area contributed by atoms with E-state index in [0.29, 0.717) is 10.9 Å². The smallest absolute Gasteiger partial charge is 0.318 e. The van der Waals surface area contributed by atoms with Crippen molar-refractivity contribution >= 4 is 28.6 Å². The number of esters is 1. The van der Waals surface area contributed by atoms with E-state index in [1.165, 1.54) is 11.8 Å². The zero-order valence-electron chi connectivity index (χ0n) is 13.4. The number of hydrogen-bond donors (Lipinski definition) is 0. The fourth-order valence-corrected chi connectivity index (χ4v) is 2.79. The van der Waals surface area contributed by atoms with Crippen molar-refractivity contribution in [1.82, 2.24) is 15.0 Å². The second kappa shape index (κ2) is 7.80. The number of carbonyl (C=O) groups excluding carboxylic acids is 1. The first kappa shape index (κ1) is 17.0. The summed E-state index contributed by atoms with van der Waals surface area (Å²) in [4.78, 5) is 25.0. The van der Waals surface area contributed by atoms with Crippen LogP contribution in [-0.4, -0.2) is 33.8 Å². The summed E-state index contributed by atoms with van der Waals surface area (Å²) in [6.07, 6.45) is 0. The number of thioether (sulfide) groups is 1. The molecule has 128 valence electrons. The predicted molar refractivity (Wildman–Crippen MR) is 93.6 cm³/mol. The Labute approximate surface area is 147 Å². The molecule has 0 aliphatic rings. The number of benzene rings is 2. The lowest BCUT2D eigenvalue weighted by molar-refractivity contribution is -0.144. The number of ether oxygens (including phenoxy) is 2. The minimum atomic E-state index is -0.442. The predicted octanol–water partition coefficient (Wildman–Crippen LogP) is 2.09. The summed E-state index contributed by atoms with van der Waals surface area (Å²) in [5.41, 5.74) is 0.159. The van der Waals surface area contributed by atoms with Crippen molar-refractivity contribution in [1.29, 1.82) is 0 Å². The molecule has 0 unspecified atom stereocenters. The topological polar surface area (TPSA) is 83.3 Å². The van der Waals surface area contributed by atoms with Crippen LogP contribution in [0.5, 0.6) is 5.75 Å². The molecule has 7 nitrogen and oxygen atoms in total. The molecule has 0 N–H and O–H groups in total. The molecule has 0 fully saturated rings. The van der Waals surface area contributed by atoms with E-state index in [9.17, 15) is 9.59 Å². The van der Waals surface area contributed by atoms with Gasteiger partial charge in [-0.1, -0.05) is 17.3 Å². The maximum atomic E-state index is 12.2. The van der Waals surface area contributed by atoms with E-state index < -0.39 is 5.97 Å². The molecule has 0 bridgehead atoms. The van der Waals surface area contributed by atoms with Crippen LogP contribution in [0.3, 0.4) is 0 Å². The molecule has 0 spiro atoms. The van der Waals surface area contributed by atoms with Gasteiger partial charge in [0, 0.05) is 4.90 Å². The van der Waals surface area contributed by atoms with Gasteiger partial charge in [-0.3, -0.25) is 9.59 Å². The van der Waals surface area contributed by atoms with Crippen LogP contribution in [0.25, 0.3) is 10.9 Å². The summed E-state index contributed by atoms with van der Waals surface area (Å²) in [5, 5.41) is 8.14. The van der Waals surface area contributed by atoms with Crippen molar-refractivity contribution < 1.29 is 14.3 Å². The maximum Gasteiger partial charge on any atom is 0.318 e. The van der Waals surface area contributed by atoms with Crippen molar-refractivity contribution in [2.75, 3.05) is 12.9 Å². The number of fused-ring (bicyclic) bond motifs is 1. The molecule has 8 heteroatoms. The van der Waals surface area contributed by atoms with E-state index in [2.05, 4.69) is 10.3 Å². The first-order chi connectivity index (χ1) is 12.2. The number of rotatable bonds is 6. The molecular formula is C17H15N3O4S. The zero-order valence-corrected chi connectivity index (χ0v) is 14.2. The minimum absolute atomic E-state index is 0.127. The number of hydrogen-bond acceptors (Lipinski definition) is 7. The van der Waals surface area contributed by atoms with Gasteiger partial charge in [-0.05, 0) is 36.4 Å². The molecule has 3 rings (SSSR count). The minimum Gasteiger partial charge on any atom is -0.497 e. The normalized spacial score (nSPS) is 10.6. The van der Waals surface area contributed by atoms with Crippen LogP contribution >= 0.6 is 11.8 Å². The molecule has 1 aromatic heterocycles. The summed E-state index contributed by atoms with van der Waals surface area (Å²) in [6, 6.07) is 14.2. The second-order valence-corrected chi connectivity index (χ2v) is 6.07. The fourth-order valence-electron chi connectivity index (χ4n) is 2.10. The maximum absolute atomic E-state index is 12.2. The summed E-state index contributed by atoms with van der Waals surface area (Å²) in [6.45, 7) is -0.265. The summed E-state index contributed by atoms with van der Waals surface area (Å²) >= 11 is 1.34. The number of methoxy groups -OCH3 is 1. The van der Waals surface area contributed by atoms with Crippen LogP contribution in [0.4, 0.5) is 0 Å². The van der Waals surface area contributed by atoms with Crippen molar-refractivity contribution in [2.45, 2.75) is 11.6 Å². The quantitative estimate of drug-likeness (QED) is 0.493.